The first kappa shape index (κ1) is 12.7. The minimum absolute atomic E-state index is 0.209. The van der Waals surface area contributed by atoms with Gasteiger partial charge in [0.25, 0.3) is 0 Å². The Morgan fingerprint density at radius 3 is 2.44 bits per heavy atom. The molecule has 96 valence electrons. The van der Waals surface area contributed by atoms with Crippen LogP contribution in [-0.2, 0) is 13.5 Å². The van der Waals surface area contributed by atoms with Crippen LogP contribution >= 0.6 is 0 Å². The molecule has 0 saturated carbocycles. The molecule has 0 radical (unpaired) electrons. The minimum atomic E-state index is 0.209. The molecule has 0 N–H and O–H groups in total. The quantitative estimate of drug-likeness (QED) is 0.823. The summed E-state index contributed by atoms with van der Waals surface area (Å²) in [5.74, 6) is 0.913. The molecule has 0 bridgehead atoms. The van der Waals surface area contributed by atoms with Gasteiger partial charge in [-0.2, -0.15) is 5.10 Å². The Morgan fingerprint density at radius 1 is 1.22 bits per heavy atom. The van der Waals surface area contributed by atoms with Crippen molar-refractivity contribution in [2.24, 2.45) is 7.05 Å². The van der Waals surface area contributed by atoms with Crippen molar-refractivity contribution in [3.63, 3.8) is 0 Å². The average molecular weight is 244 g/mol. The second-order valence-corrected chi connectivity index (χ2v) is 4.67. The zero-order valence-electron chi connectivity index (χ0n) is 11.5. The Balaban J connectivity index is 2.28. The third-order valence-electron chi connectivity index (χ3n) is 2.93. The predicted octanol–water partition coefficient (Wildman–Crippen LogP) is 3.44. The first-order chi connectivity index (χ1) is 8.61. The lowest BCUT2D eigenvalue weighted by Crippen LogP contribution is -2.05. The third kappa shape index (κ3) is 2.55. The number of hydrogen-bond acceptors (Lipinski definition) is 2. The number of hydrogen-bond donors (Lipinski definition) is 0. The first-order valence-electron chi connectivity index (χ1n) is 6.39. The van der Waals surface area contributed by atoms with E-state index in [1.807, 2.05) is 43.9 Å². The van der Waals surface area contributed by atoms with Crippen LogP contribution in [0.15, 0.2) is 30.5 Å². The number of aromatic nitrogens is 2. The normalized spacial score (nSPS) is 10.9. The minimum Gasteiger partial charge on any atom is -0.491 e. The van der Waals surface area contributed by atoms with E-state index in [9.17, 15) is 0 Å². The van der Waals surface area contributed by atoms with Crippen LogP contribution in [0.3, 0.4) is 0 Å². The number of ether oxygens (including phenoxy) is 1. The monoisotopic (exact) mass is 244 g/mol. The topological polar surface area (TPSA) is 27.1 Å². The molecule has 3 nitrogen and oxygen atoms in total. The zero-order chi connectivity index (χ0) is 13.1. The molecule has 3 heteroatoms. The summed E-state index contributed by atoms with van der Waals surface area (Å²) in [6.45, 7) is 6.21. The summed E-state index contributed by atoms with van der Waals surface area (Å²) in [6.07, 6.45) is 3.12. The first-order valence-corrected chi connectivity index (χ1v) is 6.39. The second-order valence-electron chi connectivity index (χ2n) is 4.67. The molecule has 0 unspecified atom stereocenters. The Morgan fingerprint density at radius 2 is 1.89 bits per heavy atom. The predicted molar refractivity (Wildman–Crippen MR) is 73.8 cm³/mol. The maximum atomic E-state index is 5.65. The Labute approximate surface area is 108 Å². The summed E-state index contributed by atoms with van der Waals surface area (Å²) in [6, 6.07) is 8.21. The molecule has 0 fully saturated rings. The fraction of sp³-hybridized carbons (Fsp3) is 0.400. The summed E-state index contributed by atoms with van der Waals surface area (Å²) in [5.41, 5.74) is 3.65. The van der Waals surface area contributed by atoms with E-state index in [1.54, 1.807) is 0 Å². The van der Waals surface area contributed by atoms with E-state index in [2.05, 4.69) is 24.2 Å². The highest BCUT2D eigenvalue weighted by atomic mass is 16.5. The standard InChI is InChI=1S/C15H20N2O/c1-5-15-14(10-16-17(15)4)12-6-8-13(9-7-12)18-11(2)3/h6-11H,5H2,1-4H3. The highest BCUT2D eigenvalue weighted by Gasteiger charge is 2.08. The molecule has 0 aliphatic rings. The molecule has 0 aliphatic heterocycles. The molecule has 1 aromatic heterocycles. The lowest BCUT2D eigenvalue weighted by Gasteiger charge is -2.10. The highest BCUT2D eigenvalue weighted by molar-refractivity contribution is 5.66. The molecule has 18 heavy (non-hydrogen) atoms. The van der Waals surface area contributed by atoms with Crippen LogP contribution in [0.4, 0.5) is 0 Å². The largest absolute Gasteiger partial charge is 0.491 e. The van der Waals surface area contributed by atoms with Gasteiger partial charge in [0.1, 0.15) is 5.75 Å². The lowest BCUT2D eigenvalue weighted by molar-refractivity contribution is 0.242. The van der Waals surface area contributed by atoms with Gasteiger partial charge in [0.05, 0.1) is 12.3 Å². The molecule has 0 amide bonds. The Hall–Kier alpha value is -1.77. The van der Waals surface area contributed by atoms with E-state index < -0.39 is 0 Å². The molecule has 2 rings (SSSR count). The summed E-state index contributed by atoms with van der Waals surface area (Å²) in [5, 5.41) is 4.32. The fourth-order valence-electron chi connectivity index (χ4n) is 2.11. The molecule has 0 saturated heterocycles. The van der Waals surface area contributed by atoms with Gasteiger partial charge in [-0.15, -0.1) is 0 Å². The van der Waals surface area contributed by atoms with Crippen molar-refractivity contribution in [1.82, 2.24) is 9.78 Å². The SMILES string of the molecule is CCc1c(-c2ccc(OC(C)C)cc2)cnn1C. The van der Waals surface area contributed by atoms with Gasteiger partial charge in [-0.25, -0.2) is 0 Å². The van der Waals surface area contributed by atoms with Crippen LogP contribution in [0.5, 0.6) is 5.75 Å². The molecule has 0 spiro atoms. The maximum absolute atomic E-state index is 5.65. The number of benzene rings is 1. The fourth-order valence-corrected chi connectivity index (χ4v) is 2.11. The number of aryl methyl sites for hydroxylation is 1. The van der Waals surface area contributed by atoms with Crippen molar-refractivity contribution >= 4 is 0 Å². The van der Waals surface area contributed by atoms with Crippen LogP contribution in [0.2, 0.25) is 0 Å². The van der Waals surface area contributed by atoms with Gasteiger partial charge < -0.3 is 4.74 Å². The average Bonchev–Trinajstić information content (AvgIpc) is 2.70. The van der Waals surface area contributed by atoms with E-state index in [4.69, 9.17) is 4.74 Å². The van der Waals surface area contributed by atoms with Gasteiger partial charge >= 0.3 is 0 Å². The molecule has 0 atom stereocenters. The third-order valence-corrected chi connectivity index (χ3v) is 2.93. The van der Waals surface area contributed by atoms with Gasteiger partial charge in [0.2, 0.25) is 0 Å². The molecule has 0 aliphatic carbocycles. The van der Waals surface area contributed by atoms with Crippen molar-refractivity contribution < 1.29 is 4.74 Å². The van der Waals surface area contributed by atoms with Crippen LogP contribution in [0.25, 0.3) is 11.1 Å². The molecular formula is C15H20N2O. The number of nitrogens with zero attached hydrogens (tertiary/aromatic N) is 2. The summed E-state index contributed by atoms with van der Waals surface area (Å²) < 4.78 is 7.58. The second kappa shape index (κ2) is 5.25. The van der Waals surface area contributed by atoms with Crippen LogP contribution in [0, 0.1) is 0 Å². The van der Waals surface area contributed by atoms with Gasteiger partial charge in [0, 0.05) is 18.3 Å². The highest BCUT2D eigenvalue weighted by Crippen LogP contribution is 2.26. The summed E-state index contributed by atoms with van der Waals surface area (Å²) >= 11 is 0. The van der Waals surface area contributed by atoms with Gasteiger partial charge in [-0.05, 0) is 38.0 Å². The van der Waals surface area contributed by atoms with Gasteiger partial charge in [0.15, 0.2) is 0 Å². The summed E-state index contributed by atoms with van der Waals surface area (Å²) in [7, 11) is 1.98. The van der Waals surface area contributed by atoms with Crippen molar-refractivity contribution in [1.29, 1.82) is 0 Å². The number of rotatable bonds is 4. The van der Waals surface area contributed by atoms with E-state index in [0.717, 1.165) is 12.2 Å². The van der Waals surface area contributed by atoms with Crippen molar-refractivity contribution in [3.05, 3.63) is 36.2 Å². The van der Waals surface area contributed by atoms with Crippen molar-refractivity contribution in [3.8, 4) is 16.9 Å². The van der Waals surface area contributed by atoms with E-state index in [1.165, 1.54) is 16.8 Å². The van der Waals surface area contributed by atoms with Crippen LogP contribution < -0.4 is 4.74 Å². The van der Waals surface area contributed by atoms with E-state index in [0.29, 0.717) is 0 Å². The van der Waals surface area contributed by atoms with Gasteiger partial charge in [-0.1, -0.05) is 19.1 Å². The van der Waals surface area contributed by atoms with E-state index >= 15 is 0 Å². The van der Waals surface area contributed by atoms with Gasteiger partial charge in [-0.3, -0.25) is 4.68 Å². The van der Waals surface area contributed by atoms with Crippen molar-refractivity contribution in [2.75, 3.05) is 0 Å². The zero-order valence-corrected chi connectivity index (χ0v) is 11.5. The van der Waals surface area contributed by atoms with Crippen LogP contribution in [0.1, 0.15) is 26.5 Å². The van der Waals surface area contributed by atoms with E-state index in [-0.39, 0.29) is 6.10 Å². The maximum Gasteiger partial charge on any atom is 0.119 e. The summed E-state index contributed by atoms with van der Waals surface area (Å²) in [4.78, 5) is 0. The Bertz CT molecular complexity index is 512. The Kier molecular flexibility index (Phi) is 3.70. The molecule has 2 aromatic rings. The molecule has 1 aromatic carbocycles. The molecule has 1 heterocycles. The molecular weight excluding hydrogens is 224 g/mol. The van der Waals surface area contributed by atoms with Crippen LogP contribution in [-0.4, -0.2) is 15.9 Å². The smallest absolute Gasteiger partial charge is 0.119 e. The van der Waals surface area contributed by atoms with Crippen molar-refractivity contribution in [2.45, 2.75) is 33.3 Å². The lowest BCUT2D eigenvalue weighted by atomic mass is 10.1.